The van der Waals surface area contributed by atoms with Crippen LogP contribution in [0.2, 0.25) is 5.02 Å². The van der Waals surface area contributed by atoms with Crippen LogP contribution in [0.1, 0.15) is 49.9 Å². The van der Waals surface area contributed by atoms with Gasteiger partial charge in [-0.25, -0.2) is 8.42 Å². The molecule has 0 radical (unpaired) electrons. The van der Waals surface area contributed by atoms with Crippen LogP contribution in [-0.4, -0.2) is 43.3 Å². The first-order chi connectivity index (χ1) is 18.6. The lowest BCUT2D eigenvalue weighted by molar-refractivity contribution is -0.140. The average Bonchev–Trinajstić information content (AvgIpc) is 2.84. The minimum atomic E-state index is -4.12. The molecule has 0 heterocycles. The number of nitrogens with one attached hydrogen (secondary N) is 1. The van der Waals surface area contributed by atoms with Crippen molar-refractivity contribution in [2.45, 2.75) is 71.5 Å². The normalized spacial score (nSPS) is 12.5. The molecule has 3 aromatic carbocycles. The summed E-state index contributed by atoms with van der Waals surface area (Å²) in [5, 5.41) is 3.42. The Morgan fingerprint density at radius 3 is 2.05 bits per heavy atom. The van der Waals surface area contributed by atoms with Crippen LogP contribution < -0.4 is 9.62 Å². The zero-order valence-electron chi connectivity index (χ0n) is 24.2. The van der Waals surface area contributed by atoms with Gasteiger partial charge in [-0.05, 0) is 102 Å². The highest BCUT2D eigenvalue weighted by atomic mass is 35.5. The number of carbonyl (C=O) groups excluding carboxylic acids is 2. The lowest BCUT2D eigenvalue weighted by atomic mass is 10.1. The van der Waals surface area contributed by atoms with Crippen LogP contribution in [0.25, 0.3) is 0 Å². The quantitative estimate of drug-likeness (QED) is 0.345. The minimum Gasteiger partial charge on any atom is -0.350 e. The molecule has 7 nitrogen and oxygen atoms in total. The van der Waals surface area contributed by atoms with Gasteiger partial charge in [-0.3, -0.25) is 13.9 Å². The maximum atomic E-state index is 14.0. The van der Waals surface area contributed by atoms with E-state index in [1.807, 2.05) is 53.7 Å². The molecule has 0 unspecified atom stereocenters. The molecule has 0 bridgehead atoms. The largest absolute Gasteiger partial charge is 0.350 e. The van der Waals surface area contributed by atoms with Gasteiger partial charge in [-0.1, -0.05) is 47.5 Å². The molecule has 9 heteroatoms. The van der Waals surface area contributed by atoms with Crippen molar-refractivity contribution in [2.24, 2.45) is 0 Å². The summed E-state index contributed by atoms with van der Waals surface area (Å²) in [6, 6.07) is 18.1. The van der Waals surface area contributed by atoms with Gasteiger partial charge in [-0.15, -0.1) is 0 Å². The first-order valence-electron chi connectivity index (χ1n) is 13.1. The molecule has 0 aliphatic carbocycles. The summed E-state index contributed by atoms with van der Waals surface area (Å²) in [6.45, 7) is 12.4. The Morgan fingerprint density at radius 1 is 0.900 bits per heavy atom. The molecule has 0 aromatic heterocycles. The molecular formula is C31H38ClN3O4S. The molecular weight excluding hydrogens is 546 g/mol. The fraction of sp³-hybridized carbons (Fsp3) is 0.355. The van der Waals surface area contributed by atoms with Crippen molar-refractivity contribution in [1.82, 2.24) is 10.2 Å². The summed E-state index contributed by atoms with van der Waals surface area (Å²) in [5.41, 5.74) is 3.21. The molecule has 0 aliphatic rings. The monoisotopic (exact) mass is 583 g/mol. The van der Waals surface area contributed by atoms with Crippen LogP contribution in [0.15, 0.2) is 71.6 Å². The Labute approximate surface area is 243 Å². The van der Waals surface area contributed by atoms with Crippen molar-refractivity contribution in [1.29, 1.82) is 0 Å². The van der Waals surface area contributed by atoms with Crippen LogP contribution in [0, 0.1) is 20.8 Å². The van der Waals surface area contributed by atoms with E-state index < -0.39 is 34.1 Å². The van der Waals surface area contributed by atoms with E-state index in [0.29, 0.717) is 10.7 Å². The fourth-order valence-corrected chi connectivity index (χ4v) is 5.96. The highest BCUT2D eigenvalue weighted by Crippen LogP contribution is 2.27. The van der Waals surface area contributed by atoms with Crippen molar-refractivity contribution in [2.75, 3.05) is 10.8 Å². The Kier molecular flexibility index (Phi) is 9.69. The van der Waals surface area contributed by atoms with E-state index in [0.717, 1.165) is 26.6 Å². The molecule has 0 spiro atoms. The molecule has 2 amide bonds. The lowest BCUT2D eigenvalue weighted by Crippen LogP contribution is -2.54. The second-order valence-corrected chi connectivity index (χ2v) is 13.5. The zero-order valence-corrected chi connectivity index (χ0v) is 25.7. The fourth-order valence-electron chi connectivity index (χ4n) is 4.35. The van der Waals surface area contributed by atoms with Crippen molar-refractivity contribution in [3.63, 3.8) is 0 Å². The lowest BCUT2D eigenvalue weighted by Gasteiger charge is -2.33. The van der Waals surface area contributed by atoms with Gasteiger partial charge < -0.3 is 10.2 Å². The van der Waals surface area contributed by atoms with E-state index in [-0.39, 0.29) is 17.3 Å². The number of anilines is 1. The van der Waals surface area contributed by atoms with Gasteiger partial charge in [0.05, 0.1) is 10.6 Å². The second-order valence-electron chi connectivity index (χ2n) is 11.2. The van der Waals surface area contributed by atoms with Gasteiger partial charge in [0, 0.05) is 17.1 Å². The summed E-state index contributed by atoms with van der Waals surface area (Å²) in [6.07, 6.45) is 0. The van der Waals surface area contributed by atoms with Gasteiger partial charge in [-0.2, -0.15) is 0 Å². The summed E-state index contributed by atoms with van der Waals surface area (Å²) in [5.74, 6) is -0.867. The molecule has 1 atom stereocenters. The Hall–Kier alpha value is -3.36. The first-order valence-corrected chi connectivity index (χ1v) is 14.9. The maximum absolute atomic E-state index is 14.0. The highest BCUT2D eigenvalue weighted by molar-refractivity contribution is 7.92. The molecule has 0 saturated carbocycles. The molecule has 3 rings (SSSR count). The summed E-state index contributed by atoms with van der Waals surface area (Å²) >= 11 is 6.20. The third-order valence-corrected chi connectivity index (χ3v) is 8.31. The predicted molar refractivity (Wildman–Crippen MR) is 161 cm³/mol. The average molecular weight is 584 g/mol. The predicted octanol–water partition coefficient (Wildman–Crippen LogP) is 5.79. The van der Waals surface area contributed by atoms with Crippen molar-refractivity contribution >= 4 is 39.1 Å². The third kappa shape index (κ3) is 8.08. The zero-order chi connectivity index (χ0) is 29.8. The Bertz CT molecular complexity index is 1460. The number of rotatable bonds is 9. The van der Waals surface area contributed by atoms with Gasteiger partial charge in [0.2, 0.25) is 11.8 Å². The topological polar surface area (TPSA) is 86.8 Å². The Morgan fingerprint density at radius 2 is 1.50 bits per heavy atom. The summed E-state index contributed by atoms with van der Waals surface area (Å²) < 4.78 is 29.1. The van der Waals surface area contributed by atoms with E-state index in [4.69, 9.17) is 11.6 Å². The smallest absolute Gasteiger partial charge is 0.264 e. The van der Waals surface area contributed by atoms with Gasteiger partial charge >= 0.3 is 0 Å². The SMILES string of the molecule is Cc1ccc(S(=O)(=O)N(CC(=O)N(Cc2cccc(Cl)c2)[C@H](C)C(=O)NC(C)(C)C)c2cc(C)cc(C)c2)cc1. The number of sulfonamides is 1. The number of aryl methyl sites for hydroxylation is 3. The van der Waals surface area contributed by atoms with Gasteiger partial charge in [0.1, 0.15) is 12.6 Å². The highest BCUT2D eigenvalue weighted by Gasteiger charge is 2.33. The molecule has 0 aliphatic heterocycles. The second kappa shape index (κ2) is 12.4. The minimum absolute atomic E-state index is 0.0728. The van der Waals surface area contributed by atoms with Crippen molar-refractivity contribution in [3.8, 4) is 0 Å². The standard InChI is InChI=1S/C31H38ClN3O4S/c1-21-11-13-28(14-12-21)40(38,39)35(27-16-22(2)15-23(3)17-27)20-29(36)34(19-25-9-8-10-26(32)18-25)24(4)30(37)33-31(5,6)7/h8-18,24H,19-20H2,1-7H3,(H,33,37)/t24-/m1/s1. The number of nitrogens with zero attached hydrogens (tertiary/aromatic N) is 2. The molecule has 40 heavy (non-hydrogen) atoms. The number of hydrogen-bond donors (Lipinski definition) is 1. The molecule has 214 valence electrons. The number of amides is 2. The summed E-state index contributed by atoms with van der Waals surface area (Å²) in [7, 11) is -4.12. The van der Waals surface area contributed by atoms with Gasteiger partial charge in [0.15, 0.2) is 0 Å². The van der Waals surface area contributed by atoms with Crippen molar-refractivity contribution in [3.05, 3.63) is 94.0 Å². The van der Waals surface area contributed by atoms with E-state index in [1.165, 1.54) is 17.0 Å². The molecule has 0 fully saturated rings. The molecule has 0 saturated heterocycles. The van der Waals surface area contributed by atoms with Gasteiger partial charge in [0.25, 0.3) is 10.0 Å². The van der Waals surface area contributed by atoms with Crippen LogP contribution in [0.5, 0.6) is 0 Å². The number of benzene rings is 3. The van der Waals surface area contributed by atoms with E-state index in [9.17, 15) is 18.0 Å². The summed E-state index contributed by atoms with van der Waals surface area (Å²) in [4.78, 5) is 28.7. The number of halogens is 1. The molecule has 1 N–H and O–H groups in total. The van der Waals surface area contributed by atoms with Crippen LogP contribution in [0.4, 0.5) is 5.69 Å². The van der Waals surface area contributed by atoms with Crippen LogP contribution in [-0.2, 0) is 26.2 Å². The Balaban J connectivity index is 2.07. The first kappa shape index (κ1) is 31.2. The van der Waals surface area contributed by atoms with E-state index in [2.05, 4.69) is 5.32 Å². The number of carbonyl (C=O) groups is 2. The van der Waals surface area contributed by atoms with E-state index >= 15 is 0 Å². The molecule has 3 aromatic rings. The van der Waals surface area contributed by atoms with E-state index in [1.54, 1.807) is 49.4 Å². The van der Waals surface area contributed by atoms with Crippen LogP contribution in [0.3, 0.4) is 0 Å². The number of hydrogen-bond acceptors (Lipinski definition) is 4. The van der Waals surface area contributed by atoms with Crippen molar-refractivity contribution < 1.29 is 18.0 Å². The van der Waals surface area contributed by atoms with Crippen LogP contribution >= 0.6 is 11.6 Å². The third-order valence-electron chi connectivity index (χ3n) is 6.29. The maximum Gasteiger partial charge on any atom is 0.264 e.